The quantitative estimate of drug-likeness (QED) is 0.602. The molecule has 0 saturated heterocycles. The highest BCUT2D eigenvalue weighted by molar-refractivity contribution is 5.86. The van der Waals surface area contributed by atoms with Crippen LogP contribution in [0.25, 0.3) is 0 Å². The van der Waals surface area contributed by atoms with E-state index in [1.54, 1.807) is 6.92 Å². The number of nitrogens with zero attached hydrogens (tertiary/aromatic N) is 1. The second-order valence-corrected chi connectivity index (χ2v) is 2.77. The fraction of sp³-hybridized carbons (Fsp3) is 0.625. The molecule has 0 spiro atoms. The maximum absolute atomic E-state index is 11.1. The van der Waals surface area contributed by atoms with Gasteiger partial charge in [0.1, 0.15) is 6.54 Å². The summed E-state index contributed by atoms with van der Waals surface area (Å²) in [4.78, 5) is 33.2. The van der Waals surface area contributed by atoms with Crippen molar-refractivity contribution in [3.8, 4) is 0 Å². The predicted octanol–water partition coefficient (Wildman–Crippen LogP) is -0.944. The van der Waals surface area contributed by atoms with Gasteiger partial charge >= 0.3 is 5.97 Å². The third-order valence-electron chi connectivity index (χ3n) is 1.56. The number of carbonyl (C=O) groups excluding carboxylic acids is 2. The summed E-state index contributed by atoms with van der Waals surface area (Å²) in [6, 6.07) is 0. The number of rotatable bonds is 5. The maximum Gasteiger partial charge on any atom is 0.323 e. The lowest BCUT2D eigenvalue weighted by Gasteiger charge is -2.14. The highest BCUT2D eigenvalue weighted by Crippen LogP contribution is 1.84. The first-order valence-electron chi connectivity index (χ1n) is 4.19. The Bertz CT molecular complexity index is 239. The summed E-state index contributed by atoms with van der Waals surface area (Å²) in [6.07, 6.45) is 0.302. The molecular formula is C8H14N2O4. The molecule has 0 rings (SSSR count). The van der Waals surface area contributed by atoms with Crippen LogP contribution in [0.1, 0.15) is 13.3 Å². The molecule has 0 saturated carbocycles. The highest BCUT2D eigenvalue weighted by Gasteiger charge is 2.12. The fourth-order valence-electron chi connectivity index (χ4n) is 0.725. The molecule has 0 bridgehead atoms. The number of likely N-dealkylation sites (N-methyl/N-ethyl adjacent to an activating group) is 1. The molecule has 0 aliphatic heterocycles. The molecule has 80 valence electrons. The van der Waals surface area contributed by atoms with Crippen molar-refractivity contribution in [1.82, 2.24) is 10.2 Å². The number of carbonyl (C=O) groups is 3. The van der Waals surface area contributed by atoms with E-state index in [0.29, 0.717) is 6.42 Å². The minimum Gasteiger partial charge on any atom is -0.480 e. The van der Waals surface area contributed by atoms with Gasteiger partial charge < -0.3 is 15.3 Å². The fourth-order valence-corrected chi connectivity index (χ4v) is 0.725. The van der Waals surface area contributed by atoms with Crippen LogP contribution in [0.2, 0.25) is 0 Å². The lowest BCUT2D eigenvalue weighted by molar-refractivity contribution is -0.143. The van der Waals surface area contributed by atoms with E-state index in [1.165, 1.54) is 7.05 Å². The SMILES string of the molecule is CCC(=O)NCC(=O)N(C)CC(=O)O. The van der Waals surface area contributed by atoms with Gasteiger partial charge in [-0.3, -0.25) is 14.4 Å². The third kappa shape index (κ3) is 5.13. The van der Waals surface area contributed by atoms with E-state index in [4.69, 9.17) is 5.11 Å². The zero-order valence-corrected chi connectivity index (χ0v) is 8.24. The van der Waals surface area contributed by atoms with Crippen molar-refractivity contribution in [1.29, 1.82) is 0 Å². The molecule has 0 heterocycles. The van der Waals surface area contributed by atoms with Crippen LogP contribution < -0.4 is 5.32 Å². The summed E-state index contributed by atoms with van der Waals surface area (Å²) in [5.74, 6) is -1.74. The van der Waals surface area contributed by atoms with Crippen molar-refractivity contribution >= 4 is 17.8 Å². The zero-order valence-electron chi connectivity index (χ0n) is 8.24. The minimum absolute atomic E-state index is 0.156. The van der Waals surface area contributed by atoms with Gasteiger partial charge in [-0.25, -0.2) is 0 Å². The van der Waals surface area contributed by atoms with Crippen LogP contribution in [0.5, 0.6) is 0 Å². The topological polar surface area (TPSA) is 86.7 Å². The first-order valence-corrected chi connectivity index (χ1v) is 4.19. The molecule has 0 aliphatic rings. The number of nitrogens with one attached hydrogen (secondary N) is 1. The standard InChI is InChI=1S/C8H14N2O4/c1-3-6(11)9-4-7(12)10(2)5-8(13)14/h3-5H2,1-2H3,(H,9,11)(H,13,14). The van der Waals surface area contributed by atoms with E-state index in [-0.39, 0.29) is 19.0 Å². The lowest BCUT2D eigenvalue weighted by Crippen LogP contribution is -2.40. The molecule has 0 aromatic carbocycles. The molecule has 0 radical (unpaired) electrons. The Morgan fingerprint density at radius 3 is 2.36 bits per heavy atom. The molecule has 14 heavy (non-hydrogen) atoms. The molecule has 0 unspecified atom stereocenters. The second kappa shape index (κ2) is 5.95. The van der Waals surface area contributed by atoms with Crippen LogP contribution in [-0.4, -0.2) is 47.9 Å². The van der Waals surface area contributed by atoms with Crippen molar-refractivity contribution in [3.63, 3.8) is 0 Å². The van der Waals surface area contributed by atoms with Gasteiger partial charge in [0.2, 0.25) is 11.8 Å². The monoisotopic (exact) mass is 202 g/mol. The van der Waals surface area contributed by atoms with E-state index >= 15 is 0 Å². The molecule has 0 fully saturated rings. The van der Waals surface area contributed by atoms with Gasteiger partial charge in [0.05, 0.1) is 6.54 Å². The van der Waals surface area contributed by atoms with Crippen LogP contribution in [-0.2, 0) is 14.4 Å². The summed E-state index contributed by atoms with van der Waals surface area (Å²) in [5, 5.41) is 10.7. The van der Waals surface area contributed by atoms with Crippen molar-refractivity contribution in [2.75, 3.05) is 20.1 Å². The molecule has 2 N–H and O–H groups in total. The second-order valence-electron chi connectivity index (χ2n) is 2.77. The number of hydrogen-bond acceptors (Lipinski definition) is 3. The van der Waals surface area contributed by atoms with Crippen molar-refractivity contribution < 1.29 is 19.5 Å². The van der Waals surface area contributed by atoms with E-state index in [9.17, 15) is 14.4 Å². The van der Waals surface area contributed by atoms with Crippen molar-refractivity contribution in [2.24, 2.45) is 0 Å². The van der Waals surface area contributed by atoms with E-state index < -0.39 is 11.9 Å². The summed E-state index contributed by atoms with van der Waals surface area (Å²) in [6.45, 7) is 1.15. The maximum atomic E-state index is 11.1. The molecule has 6 heteroatoms. The zero-order chi connectivity index (χ0) is 11.1. The molecule has 0 aromatic rings. The van der Waals surface area contributed by atoms with Crippen molar-refractivity contribution in [2.45, 2.75) is 13.3 Å². The van der Waals surface area contributed by atoms with Crippen molar-refractivity contribution in [3.05, 3.63) is 0 Å². The Morgan fingerprint density at radius 2 is 1.93 bits per heavy atom. The molecular weight excluding hydrogens is 188 g/mol. The van der Waals surface area contributed by atoms with Gasteiger partial charge in [0.15, 0.2) is 0 Å². The van der Waals surface area contributed by atoms with Gasteiger partial charge in [0, 0.05) is 13.5 Å². The average molecular weight is 202 g/mol. The molecule has 2 amide bonds. The Kier molecular flexibility index (Phi) is 5.28. The Morgan fingerprint density at radius 1 is 1.36 bits per heavy atom. The Labute approximate surface area is 81.9 Å². The Hall–Kier alpha value is -1.59. The lowest BCUT2D eigenvalue weighted by atomic mass is 10.4. The molecule has 0 atom stereocenters. The summed E-state index contributed by atoms with van der Waals surface area (Å²) >= 11 is 0. The number of carboxylic acids is 1. The van der Waals surface area contributed by atoms with Crippen LogP contribution in [0.15, 0.2) is 0 Å². The van der Waals surface area contributed by atoms with E-state index in [0.717, 1.165) is 4.90 Å². The number of aliphatic carboxylic acids is 1. The normalized spacial score (nSPS) is 9.29. The summed E-state index contributed by atoms with van der Waals surface area (Å²) < 4.78 is 0. The van der Waals surface area contributed by atoms with E-state index in [2.05, 4.69) is 5.32 Å². The number of hydrogen-bond donors (Lipinski definition) is 2. The van der Waals surface area contributed by atoms with Crippen LogP contribution in [0.4, 0.5) is 0 Å². The Balaban J connectivity index is 3.84. The largest absolute Gasteiger partial charge is 0.480 e. The van der Waals surface area contributed by atoms with Gasteiger partial charge in [-0.1, -0.05) is 6.92 Å². The number of carboxylic acid groups (broad SMARTS) is 1. The van der Waals surface area contributed by atoms with Gasteiger partial charge in [-0.15, -0.1) is 0 Å². The van der Waals surface area contributed by atoms with Gasteiger partial charge in [-0.05, 0) is 0 Å². The van der Waals surface area contributed by atoms with Gasteiger partial charge in [-0.2, -0.15) is 0 Å². The van der Waals surface area contributed by atoms with Crippen LogP contribution >= 0.6 is 0 Å². The summed E-state index contributed by atoms with van der Waals surface area (Å²) in [7, 11) is 1.37. The first kappa shape index (κ1) is 12.4. The van der Waals surface area contributed by atoms with Crippen LogP contribution in [0, 0.1) is 0 Å². The first-order chi connectivity index (χ1) is 6.47. The smallest absolute Gasteiger partial charge is 0.323 e. The molecule has 6 nitrogen and oxygen atoms in total. The minimum atomic E-state index is -1.08. The highest BCUT2D eigenvalue weighted by atomic mass is 16.4. The molecule has 0 aliphatic carbocycles. The summed E-state index contributed by atoms with van der Waals surface area (Å²) in [5.41, 5.74) is 0. The third-order valence-corrected chi connectivity index (χ3v) is 1.56. The average Bonchev–Trinajstić information content (AvgIpc) is 2.12. The molecule has 0 aromatic heterocycles. The van der Waals surface area contributed by atoms with Crippen LogP contribution in [0.3, 0.4) is 0 Å². The number of amides is 2. The predicted molar refractivity (Wildman–Crippen MR) is 48.6 cm³/mol. The van der Waals surface area contributed by atoms with E-state index in [1.807, 2.05) is 0 Å². The van der Waals surface area contributed by atoms with Gasteiger partial charge in [0.25, 0.3) is 0 Å².